The van der Waals surface area contributed by atoms with Gasteiger partial charge in [0.25, 0.3) is 0 Å². The third-order valence-electron chi connectivity index (χ3n) is 2.78. The van der Waals surface area contributed by atoms with Gasteiger partial charge in [0.2, 0.25) is 5.89 Å². The fourth-order valence-corrected chi connectivity index (χ4v) is 1.81. The van der Waals surface area contributed by atoms with E-state index in [1.54, 1.807) is 0 Å². The Bertz CT molecular complexity index is 308. The molecule has 2 rings (SSSR count). The number of nitrogens with one attached hydrogen (secondary N) is 1. The second-order valence-electron chi connectivity index (χ2n) is 4.03. The van der Waals surface area contributed by atoms with Crippen molar-refractivity contribution < 1.29 is 9.26 Å². The van der Waals surface area contributed by atoms with E-state index < -0.39 is 0 Å². The second-order valence-corrected chi connectivity index (χ2v) is 4.03. The molecule has 1 saturated heterocycles. The van der Waals surface area contributed by atoms with Crippen LogP contribution in [0.2, 0.25) is 0 Å². The summed E-state index contributed by atoms with van der Waals surface area (Å²) >= 11 is 0. The Morgan fingerprint density at radius 1 is 1.44 bits per heavy atom. The molecule has 5 heteroatoms. The molecule has 1 aliphatic rings. The van der Waals surface area contributed by atoms with Crippen LogP contribution in [0, 0.1) is 0 Å². The zero-order valence-electron chi connectivity index (χ0n) is 9.74. The minimum atomic E-state index is 0.398. The van der Waals surface area contributed by atoms with E-state index in [9.17, 15) is 0 Å². The normalized spacial score (nSPS) is 17.8. The number of aromatic nitrogens is 2. The van der Waals surface area contributed by atoms with Crippen molar-refractivity contribution in [1.82, 2.24) is 15.5 Å². The van der Waals surface area contributed by atoms with Gasteiger partial charge in [0.15, 0.2) is 5.82 Å². The monoisotopic (exact) mass is 225 g/mol. The maximum Gasteiger partial charge on any atom is 0.228 e. The first-order valence-corrected chi connectivity index (χ1v) is 6.02. The van der Waals surface area contributed by atoms with E-state index >= 15 is 0 Å². The maximum atomic E-state index is 5.76. The molecule has 1 aromatic rings. The van der Waals surface area contributed by atoms with Crippen LogP contribution in [0.3, 0.4) is 0 Å². The van der Waals surface area contributed by atoms with Gasteiger partial charge in [0, 0.05) is 6.42 Å². The molecule has 0 amide bonds. The Morgan fingerprint density at radius 2 is 2.25 bits per heavy atom. The Morgan fingerprint density at radius 3 is 2.94 bits per heavy atom. The summed E-state index contributed by atoms with van der Waals surface area (Å²) in [5, 5.41) is 7.16. The lowest BCUT2D eigenvalue weighted by Gasteiger charge is -2.22. The minimum absolute atomic E-state index is 0.398. The van der Waals surface area contributed by atoms with Crippen molar-refractivity contribution in [3.05, 3.63) is 11.7 Å². The third kappa shape index (κ3) is 3.28. The van der Waals surface area contributed by atoms with Crippen LogP contribution in [0.5, 0.6) is 0 Å². The van der Waals surface area contributed by atoms with E-state index in [0.717, 1.165) is 44.6 Å². The average molecular weight is 225 g/mol. The molecule has 90 valence electrons. The van der Waals surface area contributed by atoms with Crippen LogP contribution in [0.15, 0.2) is 4.52 Å². The number of rotatable bonds is 5. The van der Waals surface area contributed by atoms with Gasteiger partial charge in [0.05, 0.1) is 19.1 Å². The van der Waals surface area contributed by atoms with E-state index in [4.69, 9.17) is 9.26 Å². The van der Waals surface area contributed by atoms with Gasteiger partial charge in [0.1, 0.15) is 0 Å². The highest BCUT2D eigenvalue weighted by Gasteiger charge is 2.13. The average Bonchev–Trinajstić information content (AvgIpc) is 2.78. The summed E-state index contributed by atoms with van der Waals surface area (Å²) in [7, 11) is 0. The number of hydrogen-bond donors (Lipinski definition) is 1. The molecule has 0 aromatic carbocycles. The van der Waals surface area contributed by atoms with E-state index in [1.165, 1.54) is 0 Å². The number of aryl methyl sites for hydroxylation is 1. The summed E-state index contributed by atoms with van der Waals surface area (Å²) in [6, 6.07) is 0. The van der Waals surface area contributed by atoms with Gasteiger partial charge in [-0.15, -0.1) is 0 Å². The molecule has 0 radical (unpaired) electrons. The maximum absolute atomic E-state index is 5.76. The predicted molar refractivity (Wildman–Crippen MR) is 59.2 cm³/mol. The van der Waals surface area contributed by atoms with Gasteiger partial charge in [-0.2, -0.15) is 4.98 Å². The Kier molecular flexibility index (Phi) is 4.30. The molecule has 0 atom stereocenters. The number of nitrogens with zero attached hydrogens (tertiary/aromatic N) is 2. The van der Waals surface area contributed by atoms with Crippen LogP contribution in [0.4, 0.5) is 0 Å². The van der Waals surface area contributed by atoms with Crippen molar-refractivity contribution >= 4 is 0 Å². The first-order valence-electron chi connectivity index (χ1n) is 6.02. The first kappa shape index (κ1) is 11.5. The molecule has 1 aliphatic heterocycles. The summed E-state index contributed by atoms with van der Waals surface area (Å²) in [6.45, 7) is 4.81. The Labute approximate surface area is 95.6 Å². The zero-order valence-corrected chi connectivity index (χ0v) is 9.74. The fraction of sp³-hybridized carbons (Fsp3) is 0.818. The molecule has 1 fully saturated rings. The lowest BCUT2D eigenvalue weighted by Crippen LogP contribution is -2.32. The van der Waals surface area contributed by atoms with E-state index in [1.807, 2.05) is 6.92 Å². The van der Waals surface area contributed by atoms with Gasteiger partial charge in [-0.1, -0.05) is 12.1 Å². The van der Waals surface area contributed by atoms with Gasteiger partial charge in [-0.05, 0) is 25.9 Å². The van der Waals surface area contributed by atoms with Gasteiger partial charge in [-0.25, -0.2) is 0 Å². The van der Waals surface area contributed by atoms with Gasteiger partial charge >= 0.3 is 0 Å². The van der Waals surface area contributed by atoms with Crippen LogP contribution in [-0.2, 0) is 17.6 Å². The summed E-state index contributed by atoms with van der Waals surface area (Å²) in [4.78, 5) is 4.24. The van der Waals surface area contributed by atoms with Crippen molar-refractivity contribution in [3.8, 4) is 0 Å². The van der Waals surface area contributed by atoms with Crippen LogP contribution in [0.1, 0.15) is 31.5 Å². The Hall–Kier alpha value is -0.940. The lowest BCUT2D eigenvalue weighted by atomic mass is 10.1. The lowest BCUT2D eigenvalue weighted by molar-refractivity contribution is 0.0322. The molecule has 16 heavy (non-hydrogen) atoms. The molecular formula is C11H19N3O2. The topological polar surface area (TPSA) is 60.2 Å². The molecule has 1 N–H and O–H groups in total. The number of ether oxygens (including phenoxy) is 1. The predicted octanol–water partition coefficient (Wildman–Crippen LogP) is 0.943. The van der Waals surface area contributed by atoms with Crippen molar-refractivity contribution in [2.45, 2.75) is 38.7 Å². The van der Waals surface area contributed by atoms with E-state index in [2.05, 4.69) is 15.5 Å². The van der Waals surface area contributed by atoms with E-state index in [0.29, 0.717) is 18.6 Å². The SMILES string of the molecule is CCc1noc(CCOC2CCNCC2)n1. The summed E-state index contributed by atoms with van der Waals surface area (Å²) in [6.07, 6.45) is 4.14. The van der Waals surface area contributed by atoms with E-state index in [-0.39, 0.29) is 0 Å². The van der Waals surface area contributed by atoms with Crippen molar-refractivity contribution in [1.29, 1.82) is 0 Å². The van der Waals surface area contributed by atoms with Gasteiger partial charge < -0.3 is 14.6 Å². The fourth-order valence-electron chi connectivity index (χ4n) is 1.81. The molecule has 2 heterocycles. The minimum Gasteiger partial charge on any atom is -0.378 e. The highest BCUT2D eigenvalue weighted by atomic mass is 16.5. The molecule has 0 saturated carbocycles. The van der Waals surface area contributed by atoms with Crippen LogP contribution < -0.4 is 5.32 Å². The summed E-state index contributed by atoms with van der Waals surface area (Å²) in [5.41, 5.74) is 0. The first-order chi connectivity index (χ1) is 7.88. The molecule has 0 bridgehead atoms. The molecule has 0 spiro atoms. The summed E-state index contributed by atoms with van der Waals surface area (Å²) < 4.78 is 10.9. The van der Waals surface area contributed by atoms with Gasteiger partial charge in [-0.3, -0.25) is 0 Å². The van der Waals surface area contributed by atoms with Crippen molar-refractivity contribution in [3.63, 3.8) is 0 Å². The highest BCUT2D eigenvalue weighted by Crippen LogP contribution is 2.08. The molecule has 1 aromatic heterocycles. The van der Waals surface area contributed by atoms with Crippen molar-refractivity contribution in [2.24, 2.45) is 0 Å². The standard InChI is InChI=1S/C11H19N3O2/c1-2-10-13-11(16-14-10)5-8-15-9-3-6-12-7-4-9/h9,12H,2-8H2,1H3. The summed E-state index contributed by atoms with van der Waals surface area (Å²) in [5.74, 6) is 1.46. The second kappa shape index (κ2) is 5.96. The molecule has 0 unspecified atom stereocenters. The largest absolute Gasteiger partial charge is 0.378 e. The van der Waals surface area contributed by atoms with Crippen LogP contribution >= 0.6 is 0 Å². The third-order valence-corrected chi connectivity index (χ3v) is 2.78. The zero-order chi connectivity index (χ0) is 11.2. The highest BCUT2D eigenvalue weighted by molar-refractivity contribution is 4.85. The molecule has 0 aliphatic carbocycles. The van der Waals surface area contributed by atoms with Crippen molar-refractivity contribution in [2.75, 3.05) is 19.7 Å². The number of piperidine rings is 1. The van der Waals surface area contributed by atoms with Crippen LogP contribution in [0.25, 0.3) is 0 Å². The van der Waals surface area contributed by atoms with Crippen LogP contribution in [-0.4, -0.2) is 35.9 Å². The molecular weight excluding hydrogens is 206 g/mol. The smallest absolute Gasteiger partial charge is 0.228 e. The molecule has 5 nitrogen and oxygen atoms in total. The quantitative estimate of drug-likeness (QED) is 0.808. The number of hydrogen-bond acceptors (Lipinski definition) is 5. The Balaban J connectivity index is 1.66.